The normalized spacial score (nSPS) is 26.2. The van der Waals surface area contributed by atoms with Crippen molar-refractivity contribution in [2.45, 2.75) is 50.7 Å². The molecule has 2 rings (SSSR count). The van der Waals surface area contributed by atoms with E-state index in [1.54, 1.807) is 0 Å². The Balaban J connectivity index is 2.02. The van der Waals surface area contributed by atoms with Crippen LogP contribution >= 0.6 is 0 Å². The van der Waals surface area contributed by atoms with E-state index < -0.39 is 5.54 Å². The average Bonchev–Trinajstić information content (AvgIpc) is 2.46. The van der Waals surface area contributed by atoms with E-state index in [2.05, 4.69) is 6.92 Å². The van der Waals surface area contributed by atoms with Gasteiger partial charge in [0.05, 0.1) is 13.2 Å². The second-order valence-electron chi connectivity index (χ2n) is 5.65. The molecule has 0 aliphatic heterocycles. The van der Waals surface area contributed by atoms with Crippen LogP contribution in [0, 0.1) is 0 Å². The number of aliphatic hydroxyl groups is 1. The van der Waals surface area contributed by atoms with Crippen molar-refractivity contribution in [2.24, 2.45) is 5.73 Å². The van der Waals surface area contributed by atoms with Crippen molar-refractivity contribution < 1.29 is 14.6 Å². The molecule has 0 aromatic heterocycles. The number of ether oxygens (including phenoxy) is 2. The second kappa shape index (κ2) is 6.95. The summed E-state index contributed by atoms with van der Waals surface area (Å²) >= 11 is 0. The van der Waals surface area contributed by atoms with E-state index in [-0.39, 0.29) is 12.7 Å². The minimum atomic E-state index is -0.498. The van der Waals surface area contributed by atoms with E-state index in [1.165, 1.54) is 0 Å². The molecule has 1 aromatic carbocycles. The van der Waals surface area contributed by atoms with Gasteiger partial charge in [-0.2, -0.15) is 0 Å². The maximum Gasteiger partial charge on any atom is 0.161 e. The highest BCUT2D eigenvalue weighted by Gasteiger charge is 2.33. The molecule has 112 valence electrons. The molecular formula is C16H25NO3. The number of para-hydroxylation sites is 2. The van der Waals surface area contributed by atoms with Gasteiger partial charge in [0, 0.05) is 12.0 Å². The van der Waals surface area contributed by atoms with Gasteiger partial charge in [-0.1, -0.05) is 19.1 Å². The van der Waals surface area contributed by atoms with Gasteiger partial charge in [0.1, 0.15) is 6.10 Å². The standard InChI is InChI=1S/C16H25NO3/c1-2-10-19-14-7-3-4-8-15(14)20-13-6-5-9-16(17,11-13)12-18/h3-4,7-8,13,18H,2,5-6,9-12,17H2,1H3. The van der Waals surface area contributed by atoms with Gasteiger partial charge in [-0.15, -0.1) is 0 Å². The molecule has 0 spiro atoms. The summed E-state index contributed by atoms with van der Waals surface area (Å²) in [5.41, 5.74) is 5.66. The maximum absolute atomic E-state index is 9.40. The van der Waals surface area contributed by atoms with E-state index in [9.17, 15) is 5.11 Å². The van der Waals surface area contributed by atoms with Crippen molar-refractivity contribution in [3.8, 4) is 11.5 Å². The molecule has 2 atom stereocenters. The first kappa shape index (κ1) is 15.1. The Bertz CT molecular complexity index is 424. The highest BCUT2D eigenvalue weighted by Crippen LogP contribution is 2.33. The fourth-order valence-corrected chi connectivity index (χ4v) is 2.64. The van der Waals surface area contributed by atoms with Crippen LogP contribution in [0.25, 0.3) is 0 Å². The van der Waals surface area contributed by atoms with Crippen LogP contribution in [0.1, 0.15) is 39.0 Å². The van der Waals surface area contributed by atoms with Crippen LogP contribution in [-0.2, 0) is 0 Å². The van der Waals surface area contributed by atoms with Gasteiger partial charge in [-0.05, 0) is 37.8 Å². The van der Waals surface area contributed by atoms with E-state index in [0.717, 1.165) is 37.2 Å². The molecule has 0 bridgehead atoms. The molecule has 4 nitrogen and oxygen atoms in total. The zero-order chi connectivity index (χ0) is 14.4. The molecule has 0 amide bonds. The summed E-state index contributed by atoms with van der Waals surface area (Å²) < 4.78 is 11.8. The smallest absolute Gasteiger partial charge is 0.161 e. The highest BCUT2D eigenvalue weighted by atomic mass is 16.5. The van der Waals surface area contributed by atoms with Crippen LogP contribution in [0.4, 0.5) is 0 Å². The van der Waals surface area contributed by atoms with Crippen LogP contribution in [0.3, 0.4) is 0 Å². The lowest BCUT2D eigenvalue weighted by Crippen LogP contribution is -2.50. The van der Waals surface area contributed by atoms with Crippen LogP contribution in [-0.4, -0.2) is 30.0 Å². The van der Waals surface area contributed by atoms with Crippen LogP contribution < -0.4 is 15.2 Å². The van der Waals surface area contributed by atoms with Crippen LogP contribution in [0.15, 0.2) is 24.3 Å². The number of hydrogen-bond acceptors (Lipinski definition) is 4. The summed E-state index contributed by atoms with van der Waals surface area (Å²) in [6.07, 6.45) is 4.52. The molecule has 1 aliphatic carbocycles. The first-order chi connectivity index (χ1) is 9.67. The lowest BCUT2D eigenvalue weighted by atomic mass is 9.81. The topological polar surface area (TPSA) is 64.7 Å². The van der Waals surface area contributed by atoms with Gasteiger partial charge >= 0.3 is 0 Å². The molecule has 0 radical (unpaired) electrons. The minimum absolute atomic E-state index is 0.0147. The molecule has 1 saturated carbocycles. The molecule has 1 fully saturated rings. The number of aliphatic hydroxyl groups excluding tert-OH is 1. The fourth-order valence-electron chi connectivity index (χ4n) is 2.64. The summed E-state index contributed by atoms with van der Waals surface area (Å²) in [6.45, 7) is 2.78. The number of hydrogen-bond donors (Lipinski definition) is 2. The Kier molecular flexibility index (Phi) is 5.26. The molecule has 20 heavy (non-hydrogen) atoms. The lowest BCUT2D eigenvalue weighted by Gasteiger charge is -2.36. The maximum atomic E-state index is 9.40. The van der Waals surface area contributed by atoms with Crippen molar-refractivity contribution in [1.29, 1.82) is 0 Å². The molecule has 2 unspecified atom stereocenters. The van der Waals surface area contributed by atoms with E-state index in [4.69, 9.17) is 15.2 Å². The summed E-state index contributed by atoms with van der Waals surface area (Å²) in [4.78, 5) is 0. The summed E-state index contributed by atoms with van der Waals surface area (Å²) in [7, 11) is 0. The summed E-state index contributed by atoms with van der Waals surface area (Å²) in [5, 5.41) is 9.40. The van der Waals surface area contributed by atoms with Crippen molar-refractivity contribution in [3.63, 3.8) is 0 Å². The quantitative estimate of drug-likeness (QED) is 0.839. The zero-order valence-corrected chi connectivity index (χ0v) is 12.2. The Morgan fingerprint density at radius 2 is 2.10 bits per heavy atom. The first-order valence-corrected chi connectivity index (χ1v) is 7.45. The Morgan fingerprint density at radius 1 is 1.35 bits per heavy atom. The van der Waals surface area contributed by atoms with Crippen molar-refractivity contribution in [3.05, 3.63) is 24.3 Å². The molecule has 0 heterocycles. The Hall–Kier alpha value is -1.26. The Morgan fingerprint density at radius 3 is 2.80 bits per heavy atom. The third kappa shape index (κ3) is 3.87. The van der Waals surface area contributed by atoms with Crippen molar-refractivity contribution >= 4 is 0 Å². The first-order valence-electron chi connectivity index (χ1n) is 7.45. The monoisotopic (exact) mass is 279 g/mol. The number of nitrogens with two attached hydrogens (primary N) is 1. The minimum Gasteiger partial charge on any atom is -0.490 e. The third-order valence-corrected chi connectivity index (χ3v) is 3.75. The van der Waals surface area contributed by atoms with E-state index in [1.807, 2.05) is 24.3 Å². The zero-order valence-electron chi connectivity index (χ0n) is 12.2. The van der Waals surface area contributed by atoms with Gasteiger partial charge in [0.15, 0.2) is 11.5 Å². The Labute approximate surface area is 120 Å². The van der Waals surface area contributed by atoms with Gasteiger partial charge in [0.25, 0.3) is 0 Å². The SMILES string of the molecule is CCCOc1ccccc1OC1CCCC(N)(CO)C1. The summed E-state index contributed by atoms with van der Waals surface area (Å²) in [6, 6.07) is 7.74. The number of benzene rings is 1. The van der Waals surface area contributed by atoms with Gasteiger partial charge < -0.3 is 20.3 Å². The van der Waals surface area contributed by atoms with E-state index >= 15 is 0 Å². The molecule has 0 saturated heterocycles. The molecular weight excluding hydrogens is 254 g/mol. The number of rotatable bonds is 6. The van der Waals surface area contributed by atoms with Crippen LogP contribution in [0.2, 0.25) is 0 Å². The molecule has 4 heteroatoms. The fraction of sp³-hybridized carbons (Fsp3) is 0.625. The predicted molar refractivity (Wildman–Crippen MR) is 79.1 cm³/mol. The van der Waals surface area contributed by atoms with Crippen molar-refractivity contribution in [1.82, 2.24) is 0 Å². The third-order valence-electron chi connectivity index (χ3n) is 3.75. The molecule has 3 N–H and O–H groups in total. The van der Waals surface area contributed by atoms with Crippen LogP contribution in [0.5, 0.6) is 11.5 Å². The molecule has 1 aromatic rings. The predicted octanol–water partition coefficient (Wildman–Crippen LogP) is 2.49. The second-order valence-corrected chi connectivity index (χ2v) is 5.65. The highest BCUT2D eigenvalue weighted by molar-refractivity contribution is 5.39. The molecule has 1 aliphatic rings. The van der Waals surface area contributed by atoms with E-state index in [0.29, 0.717) is 13.0 Å². The largest absolute Gasteiger partial charge is 0.490 e. The van der Waals surface area contributed by atoms with Gasteiger partial charge in [-0.25, -0.2) is 0 Å². The summed E-state index contributed by atoms with van der Waals surface area (Å²) in [5.74, 6) is 1.56. The van der Waals surface area contributed by atoms with Crippen molar-refractivity contribution in [2.75, 3.05) is 13.2 Å². The lowest BCUT2D eigenvalue weighted by molar-refractivity contribution is 0.0706. The van der Waals surface area contributed by atoms with Gasteiger partial charge in [-0.3, -0.25) is 0 Å². The van der Waals surface area contributed by atoms with Gasteiger partial charge in [0.2, 0.25) is 0 Å². The average molecular weight is 279 g/mol.